The molecule has 1 atom stereocenters. The average molecular weight is 342 g/mol. The lowest BCUT2D eigenvalue weighted by molar-refractivity contribution is -0.131. The first-order valence-corrected chi connectivity index (χ1v) is 8.53. The van der Waals surface area contributed by atoms with Crippen molar-refractivity contribution in [2.24, 2.45) is 0 Å². The minimum atomic E-state index is -0.317. The van der Waals surface area contributed by atoms with Gasteiger partial charge in [-0.15, -0.1) is 0 Å². The Morgan fingerprint density at radius 1 is 1.36 bits per heavy atom. The summed E-state index contributed by atoms with van der Waals surface area (Å²) in [5, 5.41) is 0. The third-order valence-corrected chi connectivity index (χ3v) is 4.33. The van der Waals surface area contributed by atoms with Crippen LogP contribution in [-0.2, 0) is 17.8 Å². The van der Waals surface area contributed by atoms with Crippen molar-refractivity contribution in [2.75, 3.05) is 20.6 Å². The number of rotatable bonds is 5. The Hall–Kier alpha value is -2.34. The summed E-state index contributed by atoms with van der Waals surface area (Å²) >= 11 is 0. The highest BCUT2D eigenvalue weighted by molar-refractivity contribution is 5.79. The van der Waals surface area contributed by atoms with Crippen molar-refractivity contribution in [3.05, 3.63) is 59.4 Å². The van der Waals surface area contributed by atoms with E-state index in [1.54, 1.807) is 18.3 Å². The van der Waals surface area contributed by atoms with E-state index in [1.807, 2.05) is 30.0 Å². The van der Waals surface area contributed by atoms with Crippen molar-refractivity contribution >= 4 is 5.91 Å². The van der Waals surface area contributed by atoms with Crippen LogP contribution in [0.3, 0.4) is 0 Å². The van der Waals surface area contributed by atoms with Gasteiger partial charge in [-0.25, -0.2) is 14.4 Å². The lowest BCUT2D eigenvalue weighted by Crippen LogP contribution is -2.33. The summed E-state index contributed by atoms with van der Waals surface area (Å²) in [5.74, 6) is 0.377. The molecule has 0 saturated carbocycles. The van der Waals surface area contributed by atoms with Crippen molar-refractivity contribution in [3.8, 4) is 0 Å². The van der Waals surface area contributed by atoms with E-state index in [-0.39, 0.29) is 24.2 Å². The Labute approximate surface area is 147 Å². The molecule has 1 aliphatic rings. The van der Waals surface area contributed by atoms with Gasteiger partial charge in [0.25, 0.3) is 0 Å². The molecular formula is C19H23FN4O. The van der Waals surface area contributed by atoms with E-state index in [0.717, 1.165) is 25.1 Å². The maximum Gasteiger partial charge on any atom is 0.227 e. The lowest BCUT2D eigenvalue weighted by Gasteiger charge is -2.24. The molecule has 0 unspecified atom stereocenters. The number of amides is 1. The van der Waals surface area contributed by atoms with Crippen molar-refractivity contribution in [1.29, 1.82) is 0 Å². The molecule has 1 aromatic carbocycles. The van der Waals surface area contributed by atoms with Crippen LogP contribution < -0.4 is 0 Å². The van der Waals surface area contributed by atoms with Crippen molar-refractivity contribution in [2.45, 2.75) is 31.8 Å². The minimum Gasteiger partial charge on any atom is -0.332 e. The molecule has 1 aromatic heterocycles. The van der Waals surface area contributed by atoms with Crippen LogP contribution >= 0.6 is 0 Å². The summed E-state index contributed by atoms with van der Waals surface area (Å²) in [6, 6.07) is 8.02. The van der Waals surface area contributed by atoms with Gasteiger partial charge in [0, 0.05) is 19.3 Å². The lowest BCUT2D eigenvalue weighted by atomic mass is 10.1. The number of hydrogen-bond acceptors (Lipinski definition) is 4. The van der Waals surface area contributed by atoms with Crippen LogP contribution in [0.2, 0.25) is 0 Å². The first-order chi connectivity index (χ1) is 12.0. The number of benzene rings is 1. The van der Waals surface area contributed by atoms with Gasteiger partial charge in [0.2, 0.25) is 5.91 Å². The first kappa shape index (κ1) is 17.5. The molecule has 0 radical (unpaired) electrons. The Balaban J connectivity index is 1.75. The van der Waals surface area contributed by atoms with E-state index in [2.05, 4.69) is 9.97 Å². The highest BCUT2D eigenvalue weighted by Gasteiger charge is 2.31. The van der Waals surface area contributed by atoms with Gasteiger partial charge >= 0.3 is 0 Å². The molecule has 2 aromatic rings. The number of aromatic nitrogens is 2. The molecule has 0 bridgehead atoms. The van der Waals surface area contributed by atoms with Crippen LogP contribution in [-0.4, -0.2) is 46.3 Å². The number of halogens is 1. The van der Waals surface area contributed by atoms with Crippen LogP contribution in [0.25, 0.3) is 0 Å². The SMILES string of the molecule is CN(C)Cc1ccnc([C@@H]2CCCN2C(=O)Cc2cccc(F)c2)n1. The molecule has 1 aliphatic heterocycles. The first-order valence-electron chi connectivity index (χ1n) is 8.53. The third kappa shape index (κ3) is 4.39. The second-order valence-electron chi connectivity index (χ2n) is 6.70. The Bertz CT molecular complexity index is 750. The van der Waals surface area contributed by atoms with E-state index in [9.17, 15) is 9.18 Å². The quantitative estimate of drug-likeness (QED) is 0.838. The normalized spacial score (nSPS) is 17.3. The van der Waals surface area contributed by atoms with Crippen LogP contribution in [0.5, 0.6) is 0 Å². The number of nitrogens with zero attached hydrogens (tertiary/aromatic N) is 4. The maximum absolute atomic E-state index is 13.3. The summed E-state index contributed by atoms with van der Waals surface area (Å²) in [7, 11) is 3.98. The van der Waals surface area contributed by atoms with Gasteiger partial charge in [0.1, 0.15) is 5.82 Å². The molecule has 1 fully saturated rings. The van der Waals surface area contributed by atoms with Crippen molar-refractivity contribution in [1.82, 2.24) is 19.8 Å². The van der Waals surface area contributed by atoms with Gasteiger partial charge in [-0.2, -0.15) is 0 Å². The predicted molar refractivity (Wildman–Crippen MR) is 93.2 cm³/mol. The van der Waals surface area contributed by atoms with Crippen LogP contribution in [0.4, 0.5) is 4.39 Å². The van der Waals surface area contributed by atoms with Gasteiger partial charge in [0.15, 0.2) is 5.82 Å². The topological polar surface area (TPSA) is 49.3 Å². The highest BCUT2D eigenvalue weighted by atomic mass is 19.1. The summed E-state index contributed by atoms with van der Waals surface area (Å²) in [6.07, 6.45) is 3.75. The molecule has 3 rings (SSSR count). The molecule has 0 aliphatic carbocycles. The van der Waals surface area contributed by atoms with Gasteiger partial charge in [-0.1, -0.05) is 12.1 Å². The molecule has 1 saturated heterocycles. The van der Waals surface area contributed by atoms with Crippen LogP contribution in [0.1, 0.15) is 36.0 Å². The zero-order valence-corrected chi connectivity index (χ0v) is 14.7. The van der Waals surface area contributed by atoms with Crippen molar-refractivity contribution < 1.29 is 9.18 Å². The summed E-state index contributed by atoms with van der Waals surface area (Å²) < 4.78 is 13.3. The number of hydrogen-bond donors (Lipinski definition) is 0. The van der Waals surface area contributed by atoms with E-state index >= 15 is 0 Å². The van der Waals surface area contributed by atoms with Crippen LogP contribution in [0, 0.1) is 5.82 Å². The summed E-state index contributed by atoms with van der Waals surface area (Å²) in [4.78, 5) is 25.6. The Morgan fingerprint density at radius 2 is 2.20 bits per heavy atom. The zero-order chi connectivity index (χ0) is 17.8. The molecule has 2 heterocycles. The number of carbonyl (C=O) groups excluding carboxylic acids is 1. The average Bonchev–Trinajstić information content (AvgIpc) is 3.04. The highest BCUT2D eigenvalue weighted by Crippen LogP contribution is 2.30. The fourth-order valence-electron chi connectivity index (χ4n) is 3.24. The summed E-state index contributed by atoms with van der Waals surface area (Å²) in [6.45, 7) is 1.43. The van der Waals surface area contributed by atoms with Gasteiger partial charge < -0.3 is 9.80 Å². The third-order valence-electron chi connectivity index (χ3n) is 4.33. The van der Waals surface area contributed by atoms with E-state index in [0.29, 0.717) is 17.9 Å². The van der Waals surface area contributed by atoms with Gasteiger partial charge in [-0.3, -0.25) is 4.79 Å². The van der Waals surface area contributed by atoms with E-state index < -0.39 is 0 Å². The Kier molecular flexibility index (Phi) is 5.38. The number of likely N-dealkylation sites (tertiary alicyclic amines) is 1. The molecule has 25 heavy (non-hydrogen) atoms. The summed E-state index contributed by atoms with van der Waals surface area (Å²) in [5.41, 5.74) is 1.64. The van der Waals surface area contributed by atoms with E-state index in [4.69, 9.17) is 0 Å². The molecular weight excluding hydrogens is 319 g/mol. The fraction of sp³-hybridized carbons (Fsp3) is 0.421. The van der Waals surface area contributed by atoms with Crippen molar-refractivity contribution in [3.63, 3.8) is 0 Å². The largest absolute Gasteiger partial charge is 0.332 e. The number of carbonyl (C=O) groups is 1. The molecule has 5 nitrogen and oxygen atoms in total. The smallest absolute Gasteiger partial charge is 0.227 e. The maximum atomic E-state index is 13.3. The molecule has 0 spiro atoms. The predicted octanol–water partition coefficient (Wildman–Crippen LogP) is 2.58. The standard InChI is InChI=1S/C19H23FN4O/c1-23(2)13-16-8-9-21-19(22-16)17-7-4-10-24(17)18(25)12-14-5-3-6-15(20)11-14/h3,5-6,8-9,11,17H,4,7,10,12-13H2,1-2H3/t17-/m0/s1. The van der Waals surface area contributed by atoms with Gasteiger partial charge in [-0.05, 0) is 50.7 Å². The molecule has 132 valence electrons. The zero-order valence-electron chi connectivity index (χ0n) is 14.7. The molecule has 1 amide bonds. The van der Waals surface area contributed by atoms with E-state index in [1.165, 1.54) is 12.1 Å². The Morgan fingerprint density at radius 3 is 2.96 bits per heavy atom. The molecule has 6 heteroatoms. The second-order valence-corrected chi connectivity index (χ2v) is 6.70. The minimum absolute atomic E-state index is 0.00490. The second kappa shape index (κ2) is 7.70. The van der Waals surface area contributed by atoms with Crippen LogP contribution in [0.15, 0.2) is 36.5 Å². The monoisotopic (exact) mass is 342 g/mol. The fourth-order valence-corrected chi connectivity index (χ4v) is 3.24. The van der Waals surface area contributed by atoms with Gasteiger partial charge in [0.05, 0.1) is 18.2 Å². The molecule has 0 N–H and O–H groups in total.